The van der Waals surface area contributed by atoms with Crippen LogP contribution < -0.4 is 4.90 Å². The molecule has 7 nitrogen and oxygen atoms in total. The van der Waals surface area contributed by atoms with Crippen LogP contribution in [-0.2, 0) is 4.74 Å². The maximum absolute atomic E-state index is 11.8. The molecular formula is C16H21N3O4. The van der Waals surface area contributed by atoms with Gasteiger partial charge in [0.25, 0.3) is 5.69 Å². The number of esters is 1. The highest BCUT2D eigenvalue weighted by molar-refractivity contribution is 5.91. The topological polar surface area (TPSA) is 75.9 Å². The van der Waals surface area contributed by atoms with Crippen molar-refractivity contribution in [3.63, 3.8) is 0 Å². The summed E-state index contributed by atoms with van der Waals surface area (Å²) in [6.45, 7) is 1.51. The number of methoxy groups -OCH3 is 1. The summed E-state index contributed by atoms with van der Waals surface area (Å²) in [7, 11) is 3.44. The summed E-state index contributed by atoms with van der Waals surface area (Å²) < 4.78 is 4.73. The molecule has 2 aliphatic rings. The van der Waals surface area contributed by atoms with Crippen LogP contribution in [0.25, 0.3) is 0 Å². The highest BCUT2D eigenvalue weighted by atomic mass is 16.6. The van der Waals surface area contributed by atoms with E-state index in [-0.39, 0.29) is 10.6 Å². The van der Waals surface area contributed by atoms with Crippen LogP contribution in [0.5, 0.6) is 0 Å². The first-order valence-corrected chi connectivity index (χ1v) is 7.85. The number of hydrogen-bond acceptors (Lipinski definition) is 6. The Morgan fingerprint density at radius 1 is 1.30 bits per heavy atom. The summed E-state index contributed by atoms with van der Waals surface area (Å²) in [5, 5.41) is 11.4. The van der Waals surface area contributed by atoms with Crippen LogP contribution in [-0.4, -0.2) is 55.1 Å². The molecule has 1 aromatic carbocycles. The Labute approximate surface area is 135 Å². The lowest BCUT2D eigenvalue weighted by atomic mass is 10.1. The maximum atomic E-state index is 11.8. The van der Waals surface area contributed by atoms with Gasteiger partial charge in [0.2, 0.25) is 0 Å². The normalized spacial score (nSPS) is 24.3. The van der Waals surface area contributed by atoms with Gasteiger partial charge in [-0.3, -0.25) is 15.0 Å². The van der Waals surface area contributed by atoms with Crippen LogP contribution in [0, 0.1) is 10.1 Å². The average Bonchev–Trinajstić information content (AvgIpc) is 2.78. The zero-order chi connectivity index (χ0) is 16.6. The van der Waals surface area contributed by atoms with Crippen LogP contribution in [0.15, 0.2) is 18.2 Å². The summed E-state index contributed by atoms with van der Waals surface area (Å²) >= 11 is 0. The molecule has 3 rings (SSSR count). The number of carbonyl (C=O) groups is 1. The number of nitro benzene ring substituents is 1. The lowest BCUT2D eigenvalue weighted by Gasteiger charge is -2.27. The Morgan fingerprint density at radius 2 is 2.04 bits per heavy atom. The Hall–Kier alpha value is -2.15. The van der Waals surface area contributed by atoms with E-state index in [1.165, 1.54) is 25.7 Å². The van der Waals surface area contributed by atoms with Crippen molar-refractivity contribution in [1.29, 1.82) is 0 Å². The number of fused-ring (bicyclic) bond motifs is 2. The van der Waals surface area contributed by atoms with E-state index in [0.717, 1.165) is 25.9 Å². The fraction of sp³-hybridized carbons (Fsp3) is 0.562. The molecule has 2 heterocycles. The number of ether oxygens (including phenoxy) is 1. The minimum absolute atomic E-state index is 0.0399. The Bertz CT molecular complexity index is 634. The van der Waals surface area contributed by atoms with Gasteiger partial charge in [-0.05, 0) is 38.4 Å². The molecule has 2 atom stereocenters. The van der Waals surface area contributed by atoms with Crippen molar-refractivity contribution in [3.8, 4) is 0 Å². The number of carbonyl (C=O) groups excluding carboxylic acids is 1. The predicted octanol–water partition coefficient (Wildman–Crippen LogP) is 2.05. The Kier molecular flexibility index (Phi) is 4.21. The average molecular weight is 319 g/mol. The zero-order valence-electron chi connectivity index (χ0n) is 13.4. The van der Waals surface area contributed by atoms with Gasteiger partial charge in [0.15, 0.2) is 0 Å². The summed E-state index contributed by atoms with van der Waals surface area (Å²) in [4.78, 5) is 27.2. The van der Waals surface area contributed by atoms with Crippen molar-refractivity contribution in [2.75, 3.05) is 32.1 Å². The van der Waals surface area contributed by atoms with Crippen molar-refractivity contribution < 1.29 is 14.5 Å². The lowest BCUT2D eigenvalue weighted by molar-refractivity contribution is -0.384. The van der Waals surface area contributed by atoms with E-state index in [1.54, 1.807) is 6.07 Å². The first-order chi connectivity index (χ1) is 11.0. The van der Waals surface area contributed by atoms with E-state index < -0.39 is 5.97 Å². The Morgan fingerprint density at radius 3 is 2.74 bits per heavy atom. The first kappa shape index (κ1) is 15.7. The van der Waals surface area contributed by atoms with Gasteiger partial charge in [-0.2, -0.15) is 0 Å². The van der Waals surface area contributed by atoms with Gasteiger partial charge in [-0.25, -0.2) is 4.79 Å². The molecule has 2 saturated heterocycles. The molecule has 0 aliphatic carbocycles. The van der Waals surface area contributed by atoms with Crippen LogP contribution in [0.3, 0.4) is 0 Å². The maximum Gasteiger partial charge on any atom is 0.337 e. The third-order valence-corrected chi connectivity index (χ3v) is 5.08. The van der Waals surface area contributed by atoms with Crippen LogP contribution in [0.4, 0.5) is 11.4 Å². The summed E-state index contributed by atoms with van der Waals surface area (Å²) in [5.74, 6) is -0.477. The lowest BCUT2D eigenvalue weighted by Crippen LogP contribution is -2.36. The van der Waals surface area contributed by atoms with Gasteiger partial charge >= 0.3 is 5.97 Å². The van der Waals surface area contributed by atoms with Gasteiger partial charge in [0.1, 0.15) is 5.69 Å². The molecule has 0 saturated carbocycles. The molecule has 2 aliphatic heterocycles. The van der Waals surface area contributed by atoms with Crippen molar-refractivity contribution in [1.82, 2.24) is 4.90 Å². The molecular weight excluding hydrogens is 298 g/mol. The number of likely N-dealkylation sites (N-methyl/N-ethyl adjacent to an activating group) is 1. The molecule has 2 unspecified atom stereocenters. The highest BCUT2D eigenvalue weighted by Gasteiger charge is 2.36. The quantitative estimate of drug-likeness (QED) is 0.482. The molecule has 0 N–H and O–H groups in total. The number of nitrogens with zero attached hydrogens (tertiary/aromatic N) is 3. The minimum atomic E-state index is -0.477. The summed E-state index contributed by atoms with van der Waals surface area (Å²) in [6.07, 6.45) is 3.29. The fourth-order valence-electron chi connectivity index (χ4n) is 3.70. The summed E-state index contributed by atoms with van der Waals surface area (Å²) in [5.41, 5.74) is 0.896. The smallest absolute Gasteiger partial charge is 0.337 e. The van der Waals surface area contributed by atoms with Gasteiger partial charge in [0.05, 0.1) is 17.6 Å². The van der Waals surface area contributed by atoms with Crippen LogP contribution in [0.2, 0.25) is 0 Å². The molecule has 7 heteroatoms. The second-order valence-corrected chi connectivity index (χ2v) is 6.24. The van der Waals surface area contributed by atoms with Crippen LogP contribution in [0.1, 0.15) is 29.6 Å². The standard InChI is InChI=1S/C16H21N3O4/c1-17-12-4-5-13(17)10-18(8-7-12)15-9-11(16(20)23-2)3-6-14(15)19(21)22/h3,6,9,12-13H,4-5,7-8,10H2,1-2H3. The van der Waals surface area contributed by atoms with E-state index in [0.29, 0.717) is 23.3 Å². The third kappa shape index (κ3) is 2.88. The van der Waals surface area contributed by atoms with Crippen LogP contribution >= 0.6 is 0 Å². The monoisotopic (exact) mass is 319 g/mol. The number of benzene rings is 1. The molecule has 0 radical (unpaired) electrons. The zero-order valence-corrected chi connectivity index (χ0v) is 13.4. The molecule has 0 aromatic heterocycles. The van der Waals surface area contributed by atoms with Gasteiger partial charge in [-0.1, -0.05) is 0 Å². The summed E-state index contributed by atoms with van der Waals surface area (Å²) in [6, 6.07) is 5.39. The first-order valence-electron chi connectivity index (χ1n) is 7.85. The van der Waals surface area contributed by atoms with Gasteiger partial charge in [-0.15, -0.1) is 0 Å². The third-order valence-electron chi connectivity index (χ3n) is 5.08. The molecule has 0 spiro atoms. The van der Waals surface area contributed by atoms with E-state index in [1.807, 2.05) is 4.90 Å². The SMILES string of the molecule is COC(=O)c1ccc([N+](=O)[O-])c(N2CCC3CCC(C2)N3C)c1. The van der Waals surface area contributed by atoms with E-state index in [2.05, 4.69) is 11.9 Å². The molecule has 2 bridgehead atoms. The Balaban J connectivity index is 1.96. The molecule has 124 valence electrons. The van der Waals surface area contributed by atoms with Crippen molar-refractivity contribution >= 4 is 17.3 Å². The van der Waals surface area contributed by atoms with E-state index in [4.69, 9.17) is 4.74 Å². The van der Waals surface area contributed by atoms with Crippen molar-refractivity contribution in [2.45, 2.75) is 31.3 Å². The predicted molar refractivity (Wildman–Crippen MR) is 85.8 cm³/mol. The number of anilines is 1. The molecule has 23 heavy (non-hydrogen) atoms. The fourth-order valence-corrected chi connectivity index (χ4v) is 3.70. The number of rotatable bonds is 3. The second kappa shape index (κ2) is 6.16. The number of nitro groups is 1. The second-order valence-electron chi connectivity index (χ2n) is 6.24. The van der Waals surface area contributed by atoms with E-state index >= 15 is 0 Å². The minimum Gasteiger partial charge on any atom is -0.465 e. The van der Waals surface area contributed by atoms with Gasteiger partial charge in [0, 0.05) is 31.2 Å². The van der Waals surface area contributed by atoms with Crippen molar-refractivity contribution in [3.05, 3.63) is 33.9 Å². The van der Waals surface area contributed by atoms with Gasteiger partial charge < -0.3 is 9.64 Å². The number of hydrogen-bond donors (Lipinski definition) is 0. The molecule has 0 amide bonds. The molecule has 1 aromatic rings. The highest BCUT2D eigenvalue weighted by Crippen LogP contribution is 2.35. The largest absolute Gasteiger partial charge is 0.465 e. The van der Waals surface area contributed by atoms with E-state index in [9.17, 15) is 14.9 Å². The molecule has 2 fully saturated rings. The van der Waals surface area contributed by atoms with Crippen molar-refractivity contribution in [2.24, 2.45) is 0 Å².